The third-order valence-electron chi connectivity index (χ3n) is 4.20. The predicted octanol–water partition coefficient (Wildman–Crippen LogP) is 3.47. The van der Waals surface area contributed by atoms with Gasteiger partial charge in [0.1, 0.15) is 5.82 Å². The van der Waals surface area contributed by atoms with Crippen LogP contribution < -0.4 is 4.90 Å². The average molecular weight is 261 g/mol. The first-order chi connectivity index (χ1) is 9.19. The Morgan fingerprint density at radius 3 is 2.74 bits per heavy atom. The van der Waals surface area contributed by atoms with Crippen molar-refractivity contribution in [2.24, 2.45) is 0 Å². The maximum absolute atomic E-state index is 4.66. The van der Waals surface area contributed by atoms with Gasteiger partial charge in [-0.15, -0.1) is 0 Å². The van der Waals surface area contributed by atoms with Crippen molar-refractivity contribution < 1.29 is 0 Å². The van der Waals surface area contributed by atoms with Gasteiger partial charge in [-0.05, 0) is 53.1 Å². The van der Waals surface area contributed by atoms with Crippen LogP contribution in [-0.2, 0) is 0 Å². The maximum Gasteiger partial charge on any atom is 0.133 e. The van der Waals surface area contributed by atoms with Crippen molar-refractivity contribution >= 4 is 5.82 Å². The van der Waals surface area contributed by atoms with E-state index < -0.39 is 0 Å². The van der Waals surface area contributed by atoms with E-state index in [0.29, 0.717) is 12.1 Å². The molecule has 0 bridgehead atoms. The first-order valence-electron chi connectivity index (χ1n) is 7.64. The van der Waals surface area contributed by atoms with Gasteiger partial charge in [-0.3, -0.25) is 4.90 Å². The van der Waals surface area contributed by atoms with Crippen molar-refractivity contribution in [3.63, 3.8) is 0 Å². The van der Waals surface area contributed by atoms with Crippen LogP contribution in [0.1, 0.15) is 52.1 Å². The Hall–Kier alpha value is -1.09. The molecule has 1 atom stereocenters. The number of anilines is 1. The number of rotatable bonds is 5. The van der Waals surface area contributed by atoms with Gasteiger partial charge in [-0.25, -0.2) is 4.98 Å². The van der Waals surface area contributed by atoms with Crippen molar-refractivity contribution in [2.75, 3.05) is 24.5 Å². The van der Waals surface area contributed by atoms with Crippen LogP contribution in [-0.4, -0.2) is 35.6 Å². The molecule has 1 saturated heterocycles. The standard InChI is InChI=1S/C16H27N3/c1-5-18(6-2)16-14(9-7-11-17-16)15-10-8-12-19(15)13(3)4/h7,9,11,13,15H,5-6,8,10,12H2,1-4H3/t15-/m1/s1. The van der Waals surface area contributed by atoms with Crippen LogP contribution in [0.4, 0.5) is 5.82 Å². The molecule has 19 heavy (non-hydrogen) atoms. The van der Waals surface area contributed by atoms with Crippen LogP contribution in [0.25, 0.3) is 0 Å². The second-order valence-corrected chi connectivity index (χ2v) is 5.58. The van der Waals surface area contributed by atoms with E-state index in [2.05, 4.69) is 54.6 Å². The molecule has 2 rings (SSSR count). The highest BCUT2D eigenvalue weighted by Gasteiger charge is 2.30. The van der Waals surface area contributed by atoms with Gasteiger partial charge in [0.2, 0.25) is 0 Å². The zero-order valence-electron chi connectivity index (χ0n) is 12.8. The van der Waals surface area contributed by atoms with E-state index in [4.69, 9.17) is 0 Å². The molecule has 0 spiro atoms. The molecule has 2 heterocycles. The molecule has 0 amide bonds. The Labute approximate surface area is 117 Å². The molecule has 1 aromatic heterocycles. The summed E-state index contributed by atoms with van der Waals surface area (Å²) in [5.74, 6) is 1.19. The third-order valence-corrected chi connectivity index (χ3v) is 4.20. The highest BCUT2D eigenvalue weighted by Crippen LogP contribution is 2.37. The Balaban J connectivity index is 2.33. The van der Waals surface area contributed by atoms with Gasteiger partial charge in [-0.1, -0.05) is 6.07 Å². The molecule has 0 N–H and O–H groups in total. The summed E-state index contributed by atoms with van der Waals surface area (Å²) in [4.78, 5) is 9.64. The van der Waals surface area contributed by atoms with Crippen LogP contribution >= 0.6 is 0 Å². The van der Waals surface area contributed by atoms with Crippen molar-refractivity contribution in [1.82, 2.24) is 9.88 Å². The molecule has 0 aromatic carbocycles. The van der Waals surface area contributed by atoms with Gasteiger partial charge in [-0.2, -0.15) is 0 Å². The molecule has 0 saturated carbocycles. The molecule has 0 radical (unpaired) electrons. The number of hydrogen-bond acceptors (Lipinski definition) is 3. The van der Waals surface area contributed by atoms with Crippen LogP contribution in [0, 0.1) is 0 Å². The molecule has 0 unspecified atom stereocenters. The average Bonchev–Trinajstić information content (AvgIpc) is 2.90. The molecular weight excluding hydrogens is 234 g/mol. The van der Waals surface area contributed by atoms with Crippen molar-refractivity contribution in [3.05, 3.63) is 23.9 Å². The number of nitrogens with zero attached hydrogens (tertiary/aromatic N) is 3. The number of hydrogen-bond donors (Lipinski definition) is 0. The SMILES string of the molecule is CCN(CC)c1ncccc1[C@H]1CCCN1C(C)C. The van der Waals surface area contributed by atoms with E-state index in [0.717, 1.165) is 13.1 Å². The van der Waals surface area contributed by atoms with Crippen molar-refractivity contribution in [2.45, 2.75) is 52.6 Å². The minimum Gasteiger partial charge on any atom is -0.357 e. The monoisotopic (exact) mass is 261 g/mol. The molecule has 106 valence electrons. The fourth-order valence-corrected chi connectivity index (χ4v) is 3.20. The Morgan fingerprint density at radius 1 is 1.37 bits per heavy atom. The number of pyridine rings is 1. The Kier molecular flexibility index (Phi) is 4.81. The zero-order valence-corrected chi connectivity index (χ0v) is 12.8. The van der Waals surface area contributed by atoms with Crippen LogP contribution in [0.3, 0.4) is 0 Å². The fourth-order valence-electron chi connectivity index (χ4n) is 3.20. The first-order valence-corrected chi connectivity index (χ1v) is 7.64. The molecule has 0 aliphatic carbocycles. The van der Waals surface area contributed by atoms with Crippen molar-refractivity contribution in [3.8, 4) is 0 Å². The van der Waals surface area contributed by atoms with E-state index >= 15 is 0 Å². The minimum atomic E-state index is 0.546. The zero-order chi connectivity index (χ0) is 13.8. The summed E-state index contributed by atoms with van der Waals surface area (Å²) in [7, 11) is 0. The van der Waals surface area contributed by atoms with Gasteiger partial charge >= 0.3 is 0 Å². The second kappa shape index (κ2) is 6.38. The maximum atomic E-state index is 4.66. The van der Waals surface area contributed by atoms with Crippen LogP contribution in [0.2, 0.25) is 0 Å². The molecule has 3 heteroatoms. The summed E-state index contributed by atoms with van der Waals surface area (Å²) in [6.07, 6.45) is 4.49. The number of likely N-dealkylation sites (tertiary alicyclic amines) is 1. The van der Waals surface area contributed by atoms with Crippen LogP contribution in [0.5, 0.6) is 0 Å². The Bertz CT molecular complexity index is 399. The Morgan fingerprint density at radius 2 is 2.11 bits per heavy atom. The third kappa shape index (κ3) is 2.92. The topological polar surface area (TPSA) is 19.4 Å². The van der Waals surface area contributed by atoms with Crippen molar-refractivity contribution in [1.29, 1.82) is 0 Å². The van der Waals surface area contributed by atoms with Gasteiger partial charge in [0.15, 0.2) is 0 Å². The van der Waals surface area contributed by atoms with E-state index in [-0.39, 0.29) is 0 Å². The summed E-state index contributed by atoms with van der Waals surface area (Å²) in [5.41, 5.74) is 1.41. The molecule has 1 aliphatic heterocycles. The second-order valence-electron chi connectivity index (χ2n) is 5.58. The summed E-state index contributed by atoms with van der Waals surface area (Å²) >= 11 is 0. The lowest BCUT2D eigenvalue weighted by atomic mass is 10.0. The summed E-state index contributed by atoms with van der Waals surface area (Å²) in [6, 6.07) is 5.51. The minimum absolute atomic E-state index is 0.546. The van der Waals surface area contributed by atoms with Gasteiger partial charge in [0, 0.05) is 36.9 Å². The lowest BCUT2D eigenvalue weighted by Crippen LogP contribution is -2.32. The van der Waals surface area contributed by atoms with E-state index in [1.54, 1.807) is 0 Å². The molecule has 1 fully saturated rings. The quantitative estimate of drug-likeness (QED) is 0.809. The summed E-state index contributed by atoms with van der Waals surface area (Å²) in [6.45, 7) is 12.3. The highest BCUT2D eigenvalue weighted by molar-refractivity contribution is 5.48. The summed E-state index contributed by atoms with van der Waals surface area (Å²) < 4.78 is 0. The van der Waals surface area contributed by atoms with Gasteiger partial charge in [0.25, 0.3) is 0 Å². The van der Waals surface area contributed by atoms with Gasteiger partial charge < -0.3 is 4.90 Å². The predicted molar refractivity (Wildman–Crippen MR) is 81.6 cm³/mol. The van der Waals surface area contributed by atoms with E-state index in [1.807, 2.05) is 6.20 Å². The van der Waals surface area contributed by atoms with E-state index in [9.17, 15) is 0 Å². The fraction of sp³-hybridized carbons (Fsp3) is 0.688. The first kappa shape index (κ1) is 14.3. The van der Waals surface area contributed by atoms with Gasteiger partial charge in [0.05, 0.1) is 0 Å². The normalized spacial score (nSPS) is 20.2. The lowest BCUT2D eigenvalue weighted by molar-refractivity contribution is 0.205. The molecule has 1 aliphatic rings. The van der Waals surface area contributed by atoms with Crippen LogP contribution in [0.15, 0.2) is 18.3 Å². The highest BCUT2D eigenvalue weighted by atomic mass is 15.2. The molecule has 3 nitrogen and oxygen atoms in total. The van der Waals surface area contributed by atoms with E-state index in [1.165, 1.54) is 30.8 Å². The number of aromatic nitrogens is 1. The smallest absolute Gasteiger partial charge is 0.133 e. The summed E-state index contributed by atoms with van der Waals surface area (Å²) in [5, 5.41) is 0. The largest absolute Gasteiger partial charge is 0.357 e. The lowest BCUT2D eigenvalue weighted by Gasteiger charge is -2.32. The molecular formula is C16H27N3. The molecule has 1 aromatic rings.